The molecule has 2 heterocycles. The molecule has 1 aromatic rings. The first-order valence-electron chi connectivity index (χ1n) is 7.95. The first-order valence-corrected chi connectivity index (χ1v) is 7.95. The molecular formula is C17H30N2. The topological polar surface area (TPSA) is 15.3 Å². The van der Waals surface area contributed by atoms with E-state index in [1.54, 1.807) is 0 Å². The standard InChI is InChI=1S/C15H22N2.C2H6.H2/c1-2-6-13(7-3-1)12-17-11-5-4-8-14-15(17)9-10-16-14;1-2;/h1-3,6-7,14-16H,4-5,8-12H2;1-2H3;1H/t14-,15-;;/m1../s1. The van der Waals surface area contributed by atoms with E-state index in [1.807, 2.05) is 13.8 Å². The van der Waals surface area contributed by atoms with Gasteiger partial charge in [-0.1, -0.05) is 50.6 Å². The quantitative estimate of drug-likeness (QED) is 0.874. The van der Waals surface area contributed by atoms with Crippen molar-refractivity contribution < 1.29 is 1.43 Å². The molecule has 0 bridgehead atoms. The summed E-state index contributed by atoms with van der Waals surface area (Å²) in [5.74, 6) is 0. The van der Waals surface area contributed by atoms with Gasteiger partial charge in [-0.25, -0.2) is 0 Å². The molecule has 0 saturated carbocycles. The Bertz CT molecular complexity index is 355. The van der Waals surface area contributed by atoms with Crippen molar-refractivity contribution in [2.75, 3.05) is 13.1 Å². The molecule has 3 rings (SSSR count). The zero-order valence-corrected chi connectivity index (χ0v) is 12.4. The van der Waals surface area contributed by atoms with E-state index in [0.29, 0.717) is 0 Å². The summed E-state index contributed by atoms with van der Waals surface area (Å²) in [5.41, 5.74) is 1.46. The van der Waals surface area contributed by atoms with E-state index < -0.39 is 0 Å². The highest BCUT2D eigenvalue weighted by atomic mass is 15.2. The minimum atomic E-state index is 0. The highest BCUT2D eigenvalue weighted by Gasteiger charge is 2.32. The van der Waals surface area contributed by atoms with Crippen LogP contribution in [0.5, 0.6) is 0 Å². The fourth-order valence-electron chi connectivity index (χ4n) is 3.34. The van der Waals surface area contributed by atoms with Gasteiger partial charge in [0.15, 0.2) is 0 Å². The number of benzene rings is 1. The molecule has 1 aromatic carbocycles. The first-order chi connectivity index (χ1) is 9.43. The average molecular weight is 262 g/mol. The molecule has 0 radical (unpaired) electrons. The maximum atomic E-state index is 3.67. The summed E-state index contributed by atoms with van der Waals surface area (Å²) in [7, 11) is 0. The fourth-order valence-corrected chi connectivity index (χ4v) is 3.34. The maximum Gasteiger partial charge on any atom is 0.0264 e. The van der Waals surface area contributed by atoms with Crippen molar-refractivity contribution in [3.8, 4) is 0 Å². The number of rotatable bonds is 2. The molecule has 2 heteroatoms. The van der Waals surface area contributed by atoms with Gasteiger partial charge in [0.25, 0.3) is 0 Å². The molecule has 2 fully saturated rings. The van der Waals surface area contributed by atoms with Crippen LogP contribution in [-0.4, -0.2) is 30.1 Å². The summed E-state index contributed by atoms with van der Waals surface area (Å²) in [5, 5.41) is 3.67. The van der Waals surface area contributed by atoms with Crippen molar-refractivity contribution in [1.29, 1.82) is 0 Å². The Labute approximate surface area is 119 Å². The predicted molar refractivity (Wildman–Crippen MR) is 84.4 cm³/mol. The minimum Gasteiger partial charge on any atom is -0.312 e. The highest BCUT2D eigenvalue weighted by Crippen LogP contribution is 2.25. The normalized spacial score (nSPS) is 27.1. The van der Waals surface area contributed by atoms with Crippen LogP contribution in [0.1, 0.15) is 46.5 Å². The largest absolute Gasteiger partial charge is 0.312 e. The number of hydrogen-bond acceptors (Lipinski definition) is 2. The van der Waals surface area contributed by atoms with Gasteiger partial charge in [0.1, 0.15) is 0 Å². The third kappa shape index (κ3) is 3.80. The van der Waals surface area contributed by atoms with Crippen molar-refractivity contribution >= 4 is 0 Å². The maximum absolute atomic E-state index is 3.67. The molecule has 0 amide bonds. The van der Waals surface area contributed by atoms with Crippen LogP contribution < -0.4 is 5.32 Å². The molecule has 0 spiro atoms. The average Bonchev–Trinajstić information content (AvgIpc) is 2.86. The lowest BCUT2D eigenvalue weighted by Crippen LogP contribution is -2.41. The first kappa shape index (κ1) is 14.5. The molecule has 0 unspecified atom stereocenters. The molecule has 2 atom stereocenters. The Balaban J connectivity index is 0.000000639. The van der Waals surface area contributed by atoms with Gasteiger partial charge in [-0.05, 0) is 37.9 Å². The minimum absolute atomic E-state index is 0. The SMILES string of the molecule is CC.[HH].c1ccc(CN2CCCC[C@H]3NCC[C@H]32)cc1. The highest BCUT2D eigenvalue weighted by molar-refractivity contribution is 5.15. The number of nitrogens with zero attached hydrogens (tertiary/aromatic N) is 1. The van der Waals surface area contributed by atoms with Gasteiger partial charge in [-0.2, -0.15) is 0 Å². The lowest BCUT2D eigenvalue weighted by Gasteiger charge is -2.30. The summed E-state index contributed by atoms with van der Waals surface area (Å²) in [6.45, 7) is 7.61. The third-order valence-electron chi connectivity index (χ3n) is 4.22. The Morgan fingerprint density at radius 2 is 1.95 bits per heavy atom. The molecule has 108 valence electrons. The number of hydrogen-bond donors (Lipinski definition) is 1. The summed E-state index contributed by atoms with van der Waals surface area (Å²) in [6, 6.07) is 12.4. The van der Waals surface area contributed by atoms with E-state index in [0.717, 1.165) is 18.6 Å². The van der Waals surface area contributed by atoms with Crippen LogP contribution in [0.15, 0.2) is 30.3 Å². The van der Waals surface area contributed by atoms with Crippen molar-refractivity contribution in [2.24, 2.45) is 0 Å². The van der Waals surface area contributed by atoms with E-state index in [9.17, 15) is 0 Å². The van der Waals surface area contributed by atoms with Crippen molar-refractivity contribution in [3.05, 3.63) is 35.9 Å². The summed E-state index contributed by atoms with van der Waals surface area (Å²) in [6.07, 6.45) is 5.45. The van der Waals surface area contributed by atoms with E-state index in [4.69, 9.17) is 0 Å². The lowest BCUT2D eigenvalue weighted by molar-refractivity contribution is 0.186. The summed E-state index contributed by atoms with van der Waals surface area (Å²) >= 11 is 0. The van der Waals surface area contributed by atoms with Gasteiger partial charge >= 0.3 is 0 Å². The molecule has 2 aliphatic heterocycles. The molecule has 0 aromatic heterocycles. The van der Waals surface area contributed by atoms with Crippen molar-refractivity contribution in [2.45, 2.75) is 58.2 Å². The molecule has 1 N–H and O–H groups in total. The van der Waals surface area contributed by atoms with Crippen LogP contribution in [0.2, 0.25) is 0 Å². The van der Waals surface area contributed by atoms with Crippen molar-refractivity contribution in [3.63, 3.8) is 0 Å². The molecule has 2 saturated heterocycles. The molecule has 2 nitrogen and oxygen atoms in total. The lowest BCUT2D eigenvalue weighted by atomic mass is 10.0. The third-order valence-corrected chi connectivity index (χ3v) is 4.22. The van der Waals surface area contributed by atoms with Gasteiger partial charge in [-0.3, -0.25) is 4.90 Å². The van der Waals surface area contributed by atoms with Crippen LogP contribution in [0, 0.1) is 0 Å². The van der Waals surface area contributed by atoms with Gasteiger partial charge in [0.05, 0.1) is 0 Å². The Hall–Kier alpha value is -0.860. The zero-order valence-electron chi connectivity index (χ0n) is 12.4. The monoisotopic (exact) mass is 262 g/mol. The van der Waals surface area contributed by atoms with Gasteiger partial charge in [0, 0.05) is 20.1 Å². The number of nitrogens with one attached hydrogen (secondary N) is 1. The van der Waals surface area contributed by atoms with Crippen LogP contribution in [0.25, 0.3) is 0 Å². The Morgan fingerprint density at radius 1 is 1.16 bits per heavy atom. The van der Waals surface area contributed by atoms with Crippen LogP contribution in [0.4, 0.5) is 0 Å². The predicted octanol–water partition coefficient (Wildman–Crippen LogP) is 3.68. The second kappa shape index (κ2) is 7.66. The second-order valence-electron chi connectivity index (χ2n) is 5.37. The molecule has 19 heavy (non-hydrogen) atoms. The van der Waals surface area contributed by atoms with Gasteiger partial charge < -0.3 is 5.32 Å². The fraction of sp³-hybridized carbons (Fsp3) is 0.647. The summed E-state index contributed by atoms with van der Waals surface area (Å²) in [4.78, 5) is 2.70. The van der Waals surface area contributed by atoms with Crippen LogP contribution in [0.3, 0.4) is 0 Å². The molecular weight excluding hydrogens is 232 g/mol. The van der Waals surface area contributed by atoms with E-state index in [1.165, 1.54) is 44.3 Å². The van der Waals surface area contributed by atoms with E-state index in [2.05, 4.69) is 40.5 Å². The second-order valence-corrected chi connectivity index (χ2v) is 5.37. The Kier molecular flexibility index (Phi) is 5.87. The van der Waals surface area contributed by atoms with E-state index in [-0.39, 0.29) is 1.43 Å². The van der Waals surface area contributed by atoms with Crippen LogP contribution in [-0.2, 0) is 6.54 Å². The Morgan fingerprint density at radius 3 is 2.74 bits per heavy atom. The molecule has 2 aliphatic rings. The van der Waals surface area contributed by atoms with Crippen molar-refractivity contribution in [1.82, 2.24) is 10.2 Å². The van der Waals surface area contributed by atoms with Gasteiger partial charge in [0.2, 0.25) is 0 Å². The van der Waals surface area contributed by atoms with Crippen LogP contribution >= 0.6 is 0 Å². The molecule has 0 aliphatic carbocycles. The van der Waals surface area contributed by atoms with Gasteiger partial charge in [-0.15, -0.1) is 0 Å². The number of likely N-dealkylation sites (tertiary alicyclic amines) is 1. The summed E-state index contributed by atoms with van der Waals surface area (Å²) < 4.78 is 0. The smallest absolute Gasteiger partial charge is 0.0264 e. The van der Waals surface area contributed by atoms with E-state index >= 15 is 0 Å². The zero-order chi connectivity index (χ0) is 13.5. The number of fused-ring (bicyclic) bond motifs is 1.